The highest BCUT2D eigenvalue weighted by Crippen LogP contribution is 2.33. The third kappa shape index (κ3) is 5.47. The number of aliphatic imine (C=N–C) groups is 1. The molecule has 28 heavy (non-hydrogen) atoms. The number of anilines is 1. The predicted octanol–water partition coefficient (Wildman–Crippen LogP) is 3.85. The lowest BCUT2D eigenvalue weighted by molar-refractivity contribution is 0.178. The summed E-state index contributed by atoms with van der Waals surface area (Å²) in [6.45, 7) is 11.8. The Morgan fingerprint density at radius 2 is 1.64 bits per heavy atom. The summed E-state index contributed by atoms with van der Waals surface area (Å²) in [5.41, 5.74) is 7.48. The van der Waals surface area contributed by atoms with Crippen LogP contribution < -0.4 is 10.6 Å². The van der Waals surface area contributed by atoms with Gasteiger partial charge in [-0.25, -0.2) is 15.0 Å². The Morgan fingerprint density at radius 1 is 1.11 bits per heavy atom. The molecule has 2 saturated heterocycles. The van der Waals surface area contributed by atoms with Crippen molar-refractivity contribution in [3.63, 3.8) is 0 Å². The first-order valence-electron chi connectivity index (χ1n) is 10.1. The topological polar surface area (TPSA) is 70.6 Å². The Kier molecular flexibility index (Phi) is 6.94. The van der Waals surface area contributed by atoms with E-state index >= 15 is 0 Å². The van der Waals surface area contributed by atoms with Crippen LogP contribution in [-0.4, -0.2) is 46.9 Å². The quantitative estimate of drug-likeness (QED) is 0.611. The lowest BCUT2D eigenvalue weighted by Gasteiger charge is -2.40. The maximum absolute atomic E-state index is 5.89. The monoisotopic (exact) mass is 402 g/mol. The summed E-state index contributed by atoms with van der Waals surface area (Å²) in [6, 6.07) is 0. The molecule has 6 nitrogen and oxygen atoms in total. The molecule has 0 amide bonds. The molecule has 152 valence electrons. The van der Waals surface area contributed by atoms with Gasteiger partial charge in [0.05, 0.1) is 17.4 Å². The average Bonchev–Trinajstić information content (AvgIpc) is 2.68. The number of piperidine rings is 2. The Labute approximate surface area is 173 Å². The zero-order chi connectivity index (χ0) is 20.1. The van der Waals surface area contributed by atoms with E-state index in [0.717, 1.165) is 61.2 Å². The van der Waals surface area contributed by atoms with Crippen molar-refractivity contribution in [2.75, 3.05) is 31.1 Å². The smallest absolute Gasteiger partial charge is 0.225 e. The van der Waals surface area contributed by atoms with Crippen molar-refractivity contribution in [1.29, 1.82) is 0 Å². The van der Waals surface area contributed by atoms with Crippen molar-refractivity contribution in [3.05, 3.63) is 41.5 Å². The summed E-state index contributed by atoms with van der Waals surface area (Å²) in [5, 5.41) is 0.583. The summed E-state index contributed by atoms with van der Waals surface area (Å²) < 4.78 is 0. The van der Waals surface area contributed by atoms with Gasteiger partial charge in [-0.2, -0.15) is 0 Å². The standard InChI is InChI=1S/C21H31ClN6/c1-15(2)26-20(12-16(3)23)27-8-4-17(5-9-27)18-6-10-28(11-7-18)21-24-13-19(22)14-25-21/h12-14,17-18H,1,4-11,23H2,2-3H3/b16-12-,26-20?. The van der Waals surface area contributed by atoms with Crippen LogP contribution in [0.2, 0.25) is 5.02 Å². The van der Waals surface area contributed by atoms with E-state index in [9.17, 15) is 0 Å². The van der Waals surface area contributed by atoms with Gasteiger partial charge in [-0.05, 0) is 57.4 Å². The molecule has 3 rings (SSSR count). The van der Waals surface area contributed by atoms with Gasteiger partial charge in [0.15, 0.2) is 0 Å². The normalized spacial score (nSPS) is 20.5. The van der Waals surface area contributed by atoms with Crippen molar-refractivity contribution in [3.8, 4) is 0 Å². The van der Waals surface area contributed by atoms with Crippen molar-refractivity contribution in [1.82, 2.24) is 14.9 Å². The number of aromatic nitrogens is 2. The second-order valence-corrected chi connectivity index (χ2v) is 8.38. The second kappa shape index (κ2) is 9.41. The van der Waals surface area contributed by atoms with Crippen LogP contribution in [0.4, 0.5) is 5.95 Å². The van der Waals surface area contributed by atoms with Gasteiger partial charge in [0.25, 0.3) is 0 Å². The third-order valence-electron chi connectivity index (χ3n) is 5.62. The number of allylic oxidation sites excluding steroid dienone is 2. The molecular weight excluding hydrogens is 372 g/mol. The van der Waals surface area contributed by atoms with Crippen molar-refractivity contribution >= 4 is 23.4 Å². The molecule has 2 aliphatic heterocycles. The summed E-state index contributed by atoms with van der Waals surface area (Å²) >= 11 is 5.89. The van der Waals surface area contributed by atoms with Gasteiger partial charge in [0.1, 0.15) is 5.84 Å². The zero-order valence-electron chi connectivity index (χ0n) is 16.9. The van der Waals surface area contributed by atoms with E-state index < -0.39 is 0 Å². The van der Waals surface area contributed by atoms with Crippen LogP contribution in [0.25, 0.3) is 0 Å². The van der Waals surface area contributed by atoms with Gasteiger partial charge in [0, 0.05) is 37.6 Å². The first-order valence-corrected chi connectivity index (χ1v) is 10.5. The molecule has 7 heteroatoms. The van der Waals surface area contributed by atoms with Gasteiger partial charge in [-0.1, -0.05) is 18.2 Å². The molecule has 0 bridgehead atoms. The molecule has 0 unspecified atom stereocenters. The lowest BCUT2D eigenvalue weighted by Crippen LogP contribution is -2.43. The number of hydrogen-bond donors (Lipinski definition) is 1. The van der Waals surface area contributed by atoms with Gasteiger partial charge in [-0.15, -0.1) is 0 Å². The highest BCUT2D eigenvalue weighted by atomic mass is 35.5. The number of nitrogens with zero attached hydrogens (tertiary/aromatic N) is 5. The fourth-order valence-corrected chi connectivity index (χ4v) is 4.33. The molecule has 2 fully saturated rings. The molecule has 0 aliphatic carbocycles. The number of nitrogens with two attached hydrogens (primary N) is 1. The molecule has 3 heterocycles. The molecule has 0 atom stereocenters. The fourth-order valence-electron chi connectivity index (χ4n) is 4.23. The number of halogens is 1. The predicted molar refractivity (Wildman–Crippen MR) is 116 cm³/mol. The summed E-state index contributed by atoms with van der Waals surface area (Å²) in [7, 11) is 0. The lowest BCUT2D eigenvalue weighted by atomic mass is 9.79. The summed E-state index contributed by atoms with van der Waals surface area (Å²) in [5.74, 6) is 3.29. The highest BCUT2D eigenvalue weighted by molar-refractivity contribution is 6.30. The molecule has 2 N–H and O–H groups in total. The van der Waals surface area contributed by atoms with Gasteiger partial charge in [0.2, 0.25) is 5.95 Å². The van der Waals surface area contributed by atoms with E-state index in [0.29, 0.717) is 5.02 Å². The minimum absolute atomic E-state index is 0.583. The fraction of sp³-hybridized carbons (Fsp3) is 0.571. The molecule has 0 spiro atoms. The van der Waals surface area contributed by atoms with Crippen LogP contribution in [0.1, 0.15) is 39.5 Å². The Hall–Kier alpha value is -2.08. The third-order valence-corrected chi connectivity index (χ3v) is 5.82. The molecule has 1 aromatic heterocycles. The minimum Gasteiger partial charge on any atom is -0.402 e. The zero-order valence-corrected chi connectivity index (χ0v) is 17.7. The van der Waals surface area contributed by atoms with E-state index in [1.54, 1.807) is 12.4 Å². The van der Waals surface area contributed by atoms with Crippen LogP contribution in [-0.2, 0) is 0 Å². The number of likely N-dealkylation sites (tertiary alicyclic amines) is 1. The van der Waals surface area contributed by atoms with Crippen molar-refractivity contribution in [2.24, 2.45) is 22.6 Å². The summed E-state index contributed by atoms with van der Waals surface area (Å²) in [4.78, 5) is 17.9. The van der Waals surface area contributed by atoms with Gasteiger partial charge < -0.3 is 15.5 Å². The van der Waals surface area contributed by atoms with Crippen molar-refractivity contribution in [2.45, 2.75) is 39.5 Å². The Morgan fingerprint density at radius 3 is 2.14 bits per heavy atom. The first kappa shape index (κ1) is 20.6. The minimum atomic E-state index is 0.583. The summed E-state index contributed by atoms with van der Waals surface area (Å²) in [6.07, 6.45) is 10.1. The molecule has 0 saturated carbocycles. The van der Waals surface area contributed by atoms with Gasteiger partial charge in [-0.3, -0.25) is 0 Å². The van der Waals surface area contributed by atoms with Crippen LogP contribution in [0, 0.1) is 11.8 Å². The van der Waals surface area contributed by atoms with E-state index in [1.165, 1.54) is 25.7 Å². The first-order chi connectivity index (χ1) is 13.4. The van der Waals surface area contributed by atoms with Gasteiger partial charge >= 0.3 is 0 Å². The maximum Gasteiger partial charge on any atom is 0.225 e. The number of amidine groups is 1. The SMILES string of the molecule is C=C(C)N=C(/C=C(/C)N)N1CCC(C2CCN(c3ncc(Cl)cn3)CC2)CC1. The molecule has 0 radical (unpaired) electrons. The molecule has 2 aliphatic rings. The van der Waals surface area contributed by atoms with E-state index in [2.05, 4.69) is 31.3 Å². The van der Waals surface area contributed by atoms with E-state index in [1.807, 2.05) is 19.9 Å². The van der Waals surface area contributed by atoms with Crippen molar-refractivity contribution < 1.29 is 0 Å². The highest BCUT2D eigenvalue weighted by Gasteiger charge is 2.30. The Balaban J connectivity index is 1.52. The van der Waals surface area contributed by atoms with E-state index in [4.69, 9.17) is 17.3 Å². The molecule has 0 aromatic carbocycles. The number of hydrogen-bond acceptors (Lipinski definition) is 5. The van der Waals surface area contributed by atoms with Crippen LogP contribution >= 0.6 is 11.6 Å². The van der Waals surface area contributed by atoms with Crippen LogP contribution in [0.5, 0.6) is 0 Å². The average molecular weight is 403 g/mol. The van der Waals surface area contributed by atoms with Crippen LogP contribution in [0.15, 0.2) is 41.4 Å². The number of rotatable bonds is 4. The Bertz CT molecular complexity index is 722. The van der Waals surface area contributed by atoms with E-state index in [-0.39, 0.29) is 0 Å². The maximum atomic E-state index is 5.89. The largest absolute Gasteiger partial charge is 0.402 e. The molecular formula is C21H31ClN6. The van der Waals surface area contributed by atoms with Crippen LogP contribution in [0.3, 0.4) is 0 Å². The molecule has 1 aromatic rings. The second-order valence-electron chi connectivity index (χ2n) is 7.94.